The topological polar surface area (TPSA) is 0 Å². The first-order chi connectivity index (χ1) is 4.84. The van der Waals surface area contributed by atoms with Crippen LogP contribution < -0.4 is 0 Å². The van der Waals surface area contributed by atoms with Gasteiger partial charge in [-0.1, -0.05) is 54.0 Å². The third-order valence-corrected chi connectivity index (χ3v) is 3.33. The summed E-state index contributed by atoms with van der Waals surface area (Å²) in [4.78, 5) is 0. The summed E-state index contributed by atoms with van der Waals surface area (Å²) >= 11 is 2.42. The van der Waals surface area contributed by atoms with Crippen LogP contribution in [0.3, 0.4) is 0 Å². The number of hydrogen-bond donors (Lipinski definition) is 0. The van der Waals surface area contributed by atoms with E-state index in [-0.39, 0.29) is 0 Å². The van der Waals surface area contributed by atoms with Gasteiger partial charge in [0.2, 0.25) is 0 Å². The maximum absolute atomic E-state index is 4.09. The maximum atomic E-state index is 4.09. The molecular formula is C9H15I. The lowest BCUT2D eigenvalue weighted by Crippen LogP contribution is -2.08. The van der Waals surface area contributed by atoms with E-state index in [4.69, 9.17) is 0 Å². The number of halogens is 1. The van der Waals surface area contributed by atoms with Gasteiger partial charge in [-0.05, 0) is 18.8 Å². The van der Waals surface area contributed by atoms with Crippen molar-refractivity contribution in [1.82, 2.24) is 0 Å². The van der Waals surface area contributed by atoms with Crippen LogP contribution in [-0.2, 0) is 0 Å². The summed E-state index contributed by atoms with van der Waals surface area (Å²) in [5.41, 5.74) is 1.47. The molecule has 0 aromatic rings. The zero-order valence-electron chi connectivity index (χ0n) is 6.41. The molecule has 0 radical (unpaired) electrons. The number of rotatable bonds is 2. The molecule has 0 amide bonds. The number of allylic oxidation sites excluding steroid dienone is 1. The Morgan fingerprint density at radius 3 is 2.40 bits per heavy atom. The highest BCUT2D eigenvalue weighted by atomic mass is 127. The Kier molecular flexibility index (Phi) is 3.74. The first kappa shape index (κ1) is 8.57. The molecule has 1 fully saturated rings. The molecule has 1 aliphatic carbocycles. The van der Waals surface area contributed by atoms with Crippen molar-refractivity contribution in [3.63, 3.8) is 0 Å². The van der Waals surface area contributed by atoms with Gasteiger partial charge in [-0.25, -0.2) is 0 Å². The SMILES string of the molecule is C=C(CI)C1CCCCC1. The zero-order valence-corrected chi connectivity index (χ0v) is 8.56. The Balaban J connectivity index is 2.31. The molecule has 0 aromatic heterocycles. The summed E-state index contributed by atoms with van der Waals surface area (Å²) in [5.74, 6) is 0.866. The molecule has 0 spiro atoms. The second-order valence-corrected chi connectivity index (χ2v) is 3.89. The molecule has 0 bridgehead atoms. The van der Waals surface area contributed by atoms with Crippen molar-refractivity contribution in [3.05, 3.63) is 12.2 Å². The molecule has 1 rings (SSSR count). The van der Waals surface area contributed by atoms with Crippen LogP contribution >= 0.6 is 22.6 Å². The molecule has 0 saturated heterocycles. The van der Waals surface area contributed by atoms with Crippen LogP contribution in [-0.4, -0.2) is 4.43 Å². The molecule has 0 unspecified atom stereocenters. The Hall–Kier alpha value is 0.470. The molecule has 1 saturated carbocycles. The van der Waals surface area contributed by atoms with Crippen LogP contribution in [0.4, 0.5) is 0 Å². The van der Waals surface area contributed by atoms with E-state index in [1.54, 1.807) is 0 Å². The largest absolute Gasteiger partial charge is 0.0988 e. The van der Waals surface area contributed by atoms with E-state index >= 15 is 0 Å². The Morgan fingerprint density at radius 1 is 1.30 bits per heavy atom. The minimum Gasteiger partial charge on any atom is -0.0988 e. The average Bonchev–Trinajstić information content (AvgIpc) is 2.05. The van der Waals surface area contributed by atoms with Crippen molar-refractivity contribution < 1.29 is 0 Å². The molecule has 1 heteroatoms. The second-order valence-electron chi connectivity index (χ2n) is 3.13. The Labute approximate surface area is 77.2 Å². The van der Waals surface area contributed by atoms with Crippen molar-refractivity contribution in [3.8, 4) is 0 Å². The lowest BCUT2D eigenvalue weighted by atomic mass is 9.85. The predicted molar refractivity (Wildman–Crippen MR) is 54.6 cm³/mol. The van der Waals surface area contributed by atoms with Crippen molar-refractivity contribution in [2.75, 3.05) is 4.43 Å². The first-order valence-electron chi connectivity index (χ1n) is 4.08. The zero-order chi connectivity index (χ0) is 7.40. The van der Waals surface area contributed by atoms with Gasteiger partial charge in [0.1, 0.15) is 0 Å². The quantitative estimate of drug-likeness (QED) is 0.399. The fraction of sp³-hybridized carbons (Fsp3) is 0.778. The van der Waals surface area contributed by atoms with Crippen molar-refractivity contribution in [2.45, 2.75) is 32.1 Å². The van der Waals surface area contributed by atoms with Crippen LogP contribution in [0.2, 0.25) is 0 Å². The van der Waals surface area contributed by atoms with E-state index in [1.807, 2.05) is 0 Å². The van der Waals surface area contributed by atoms with Crippen molar-refractivity contribution in [1.29, 1.82) is 0 Å². The lowest BCUT2D eigenvalue weighted by Gasteiger charge is -2.22. The Morgan fingerprint density at radius 2 is 1.90 bits per heavy atom. The van der Waals surface area contributed by atoms with Crippen LogP contribution in [0, 0.1) is 5.92 Å². The fourth-order valence-corrected chi connectivity index (χ4v) is 2.24. The van der Waals surface area contributed by atoms with E-state index in [2.05, 4.69) is 29.2 Å². The van der Waals surface area contributed by atoms with Crippen LogP contribution in [0.5, 0.6) is 0 Å². The summed E-state index contributed by atoms with van der Waals surface area (Å²) < 4.78 is 1.16. The minimum absolute atomic E-state index is 0.866. The van der Waals surface area contributed by atoms with Gasteiger partial charge < -0.3 is 0 Å². The molecule has 1 aliphatic rings. The third-order valence-electron chi connectivity index (χ3n) is 2.35. The third kappa shape index (κ3) is 2.26. The monoisotopic (exact) mass is 250 g/mol. The van der Waals surface area contributed by atoms with E-state index in [1.165, 1.54) is 37.7 Å². The van der Waals surface area contributed by atoms with Gasteiger partial charge in [0.25, 0.3) is 0 Å². The summed E-state index contributed by atoms with van der Waals surface area (Å²) in [6.07, 6.45) is 7.12. The first-order valence-corrected chi connectivity index (χ1v) is 5.61. The summed E-state index contributed by atoms with van der Waals surface area (Å²) in [5, 5.41) is 0. The summed E-state index contributed by atoms with van der Waals surface area (Å²) in [6.45, 7) is 4.09. The van der Waals surface area contributed by atoms with Crippen LogP contribution in [0.1, 0.15) is 32.1 Å². The highest BCUT2D eigenvalue weighted by Crippen LogP contribution is 2.29. The highest BCUT2D eigenvalue weighted by Gasteiger charge is 2.14. The van der Waals surface area contributed by atoms with Gasteiger partial charge in [0, 0.05) is 4.43 Å². The van der Waals surface area contributed by atoms with Crippen LogP contribution in [0.25, 0.3) is 0 Å². The van der Waals surface area contributed by atoms with E-state index in [0.717, 1.165) is 10.3 Å². The van der Waals surface area contributed by atoms with Gasteiger partial charge >= 0.3 is 0 Å². The predicted octanol–water partition coefficient (Wildman–Crippen LogP) is 3.56. The molecule has 10 heavy (non-hydrogen) atoms. The van der Waals surface area contributed by atoms with Gasteiger partial charge in [0.15, 0.2) is 0 Å². The van der Waals surface area contributed by atoms with Crippen molar-refractivity contribution in [2.24, 2.45) is 5.92 Å². The van der Waals surface area contributed by atoms with E-state index in [0.29, 0.717) is 0 Å². The number of alkyl halides is 1. The Bertz CT molecular complexity index is 112. The normalized spacial score (nSPS) is 20.9. The standard InChI is InChI=1S/C9H15I/c1-8(7-10)9-5-3-2-4-6-9/h9H,1-7H2. The summed E-state index contributed by atoms with van der Waals surface area (Å²) in [6, 6.07) is 0. The molecule has 58 valence electrons. The molecular weight excluding hydrogens is 235 g/mol. The lowest BCUT2D eigenvalue weighted by molar-refractivity contribution is 0.405. The smallest absolute Gasteiger partial charge is 0.0205 e. The van der Waals surface area contributed by atoms with Crippen LogP contribution in [0.15, 0.2) is 12.2 Å². The number of hydrogen-bond acceptors (Lipinski definition) is 0. The maximum Gasteiger partial charge on any atom is 0.0205 e. The molecule has 0 heterocycles. The molecule has 0 atom stereocenters. The highest BCUT2D eigenvalue weighted by molar-refractivity contribution is 14.1. The second kappa shape index (κ2) is 4.37. The van der Waals surface area contributed by atoms with Gasteiger partial charge in [0.05, 0.1) is 0 Å². The van der Waals surface area contributed by atoms with E-state index < -0.39 is 0 Å². The summed E-state index contributed by atoms with van der Waals surface area (Å²) in [7, 11) is 0. The molecule has 0 N–H and O–H groups in total. The van der Waals surface area contributed by atoms with Gasteiger partial charge in [-0.15, -0.1) is 0 Å². The average molecular weight is 250 g/mol. The minimum atomic E-state index is 0.866. The van der Waals surface area contributed by atoms with Crippen molar-refractivity contribution >= 4 is 22.6 Å². The van der Waals surface area contributed by atoms with E-state index in [9.17, 15) is 0 Å². The molecule has 0 aliphatic heterocycles. The molecule has 0 aromatic carbocycles. The fourth-order valence-electron chi connectivity index (χ4n) is 1.62. The van der Waals surface area contributed by atoms with Gasteiger partial charge in [-0.2, -0.15) is 0 Å². The van der Waals surface area contributed by atoms with Gasteiger partial charge in [-0.3, -0.25) is 0 Å². The molecule has 0 nitrogen and oxygen atoms in total.